The fourth-order valence-corrected chi connectivity index (χ4v) is 2.50. The van der Waals surface area contributed by atoms with Crippen LogP contribution in [0.2, 0.25) is 0 Å². The third-order valence-electron chi connectivity index (χ3n) is 3.94. The highest BCUT2D eigenvalue weighted by Crippen LogP contribution is 2.29. The second-order valence-electron chi connectivity index (χ2n) is 5.86. The summed E-state index contributed by atoms with van der Waals surface area (Å²) in [7, 11) is 0. The molecule has 0 aromatic heterocycles. The lowest BCUT2D eigenvalue weighted by Crippen LogP contribution is -2.61. The number of aliphatic hydroxyl groups is 4. The van der Waals surface area contributed by atoms with Crippen molar-refractivity contribution in [2.75, 3.05) is 6.61 Å². The molecule has 1 aromatic rings. The Morgan fingerprint density at radius 3 is 2.60 bits per heavy atom. The molecule has 0 spiro atoms. The van der Waals surface area contributed by atoms with Gasteiger partial charge in [-0.3, -0.25) is 0 Å². The number of hydrogen-bond acceptors (Lipinski definition) is 7. The third-order valence-corrected chi connectivity index (χ3v) is 3.94. The number of hydrogen-bond donors (Lipinski definition) is 5. The molecule has 1 saturated heterocycles. The van der Waals surface area contributed by atoms with Crippen molar-refractivity contribution in [3.05, 3.63) is 35.4 Å². The van der Waals surface area contributed by atoms with Crippen molar-refractivity contribution in [1.82, 2.24) is 0 Å². The van der Waals surface area contributed by atoms with E-state index in [0.717, 1.165) is 5.56 Å². The van der Waals surface area contributed by atoms with Crippen molar-refractivity contribution in [2.24, 2.45) is 0 Å². The van der Waals surface area contributed by atoms with Crippen LogP contribution in [-0.4, -0.2) is 68.3 Å². The molecular formula is C17H20O8. The van der Waals surface area contributed by atoms with E-state index in [0.29, 0.717) is 5.56 Å². The van der Waals surface area contributed by atoms with Crippen LogP contribution in [-0.2, 0) is 20.9 Å². The Hall–Kier alpha value is -1.99. The lowest BCUT2D eigenvalue weighted by molar-refractivity contribution is -0.309. The Morgan fingerprint density at radius 1 is 1.40 bits per heavy atom. The highest BCUT2D eigenvalue weighted by atomic mass is 16.7. The largest absolute Gasteiger partial charge is 0.477 e. The summed E-state index contributed by atoms with van der Waals surface area (Å²) in [4.78, 5) is 11.1. The van der Waals surface area contributed by atoms with Crippen molar-refractivity contribution in [3.8, 4) is 12.3 Å². The topological polar surface area (TPSA) is 137 Å². The second kappa shape index (κ2) is 7.93. The Kier molecular flexibility index (Phi) is 6.13. The molecule has 5 atom stereocenters. The van der Waals surface area contributed by atoms with Gasteiger partial charge in [-0.15, -0.1) is 6.42 Å². The first-order chi connectivity index (χ1) is 11.8. The minimum atomic E-state index is -2.69. The summed E-state index contributed by atoms with van der Waals surface area (Å²) in [5.41, 5.74) is 1.50. The van der Waals surface area contributed by atoms with Gasteiger partial charge in [0, 0.05) is 12.0 Å². The zero-order chi connectivity index (χ0) is 18.6. The van der Waals surface area contributed by atoms with E-state index in [1.807, 2.05) is 0 Å². The molecule has 8 heteroatoms. The Bertz CT molecular complexity index is 637. The van der Waals surface area contributed by atoms with Crippen LogP contribution in [0.3, 0.4) is 0 Å². The smallest absolute Gasteiger partial charge is 0.364 e. The second-order valence-corrected chi connectivity index (χ2v) is 5.86. The first-order valence-corrected chi connectivity index (χ1v) is 7.58. The van der Waals surface area contributed by atoms with Crippen LogP contribution in [0.5, 0.6) is 0 Å². The highest BCUT2D eigenvalue weighted by molar-refractivity contribution is 5.75. The molecule has 2 rings (SSSR count). The lowest BCUT2D eigenvalue weighted by Gasteiger charge is -2.41. The number of benzene rings is 1. The van der Waals surface area contributed by atoms with Gasteiger partial charge in [0.1, 0.15) is 18.3 Å². The lowest BCUT2D eigenvalue weighted by atomic mass is 9.93. The predicted octanol–water partition coefficient (Wildman–Crippen LogP) is -1.17. The summed E-state index contributed by atoms with van der Waals surface area (Å²) < 4.78 is 10.2. The molecular weight excluding hydrogens is 332 g/mol. The zero-order valence-corrected chi connectivity index (χ0v) is 13.3. The quantitative estimate of drug-likeness (QED) is 0.404. The van der Waals surface area contributed by atoms with Gasteiger partial charge >= 0.3 is 5.97 Å². The van der Waals surface area contributed by atoms with Gasteiger partial charge in [0.25, 0.3) is 5.79 Å². The van der Waals surface area contributed by atoms with Crippen LogP contribution < -0.4 is 0 Å². The number of carboxylic acid groups (broad SMARTS) is 1. The third kappa shape index (κ3) is 4.55. The molecule has 0 bridgehead atoms. The molecule has 5 N–H and O–H groups in total. The molecule has 1 aliphatic rings. The monoisotopic (exact) mass is 352 g/mol. The van der Waals surface area contributed by atoms with Crippen LogP contribution in [0, 0.1) is 12.3 Å². The number of aliphatic carboxylic acids is 1. The first-order valence-electron chi connectivity index (χ1n) is 7.58. The summed E-state index contributed by atoms with van der Waals surface area (Å²) in [5, 5.41) is 48.5. The summed E-state index contributed by atoms with van der Waals surface area (Å²) in [6.45, 7) is -0.169. The number of terminal acetylenes is 1. The van der Waals surface area contributed by atoms with Gasteiger partial charge in [0.05, 0.1) is 19.3 Å². The van der Waals surface area contributed by atoms with E-state index >= 15 is 0 Å². The maximum atomic E-state index is 11.1. The zero-order valence-electron chi connectivity index (χ0n) is 13.3. The number of aliphatic hydroxyl groups excluding tert-OH is 3. The van der Waals surface area contributed by atoms with Crippen molar-refractivity contribution in [3.63, 3.8) is 0 Å². The molecule has 1 fully saturated rings. The minimum Gasteiger partial charge on any atom is -0.477 e. The van der Waals surface area contributed by atoms with Crippen LogP contribution in [0.1, 0.15) is 17.5 Å². The van der Waals surface area contributed by atoms with E-state index < -0.39 is 42.6 Å². The molecule has 2 unspecified atom stereocenters. The number of ether oxygens (including phenoxy) is 2. The summed E-state index contributed by atoms with van der Waals surface area (Å²) in [5.74, 6) is -1.93. The maximum absolute atomic E-state index is 11.1. The number of rotatable bonds is 6. The molecule has 1 heterocycles. The van der Waals surface area contributed by atoms with Crippen molar-refractivity contribution < 1.29 is 39.8 Å². The van der Waals surface area contributed by atoms with Crippen LogP contribution in [0.15, 0.2) is 24.3 Å². The molecule has 8 nitrogen and oxygen atoms in total. The van der Waals surface area contributed by atoms with Crippen LogP contribution in [0.4, 0.5) is 0 Å². The van der Waals surface area contributed by atoms with Gasteiger partial charge in [-0.05, 0) is 17.7 Å². The van der Waals surface area contributed by atoms with Crippen LogP contribution in [0.25, 0.3) is 0 Å². The van der Waals surface area contributed by atoms with Gasteiger partial charge < -0.3 is 35.0 Å². The fourth-order valence-electron chi connectivity index (χ4n) is 2.50. The summed E-state index contributed by atoms with van der Waals surface area (Å²) >= 11 is 0. The van der Waals surface area contributed by atoms with Gasteiger partial charge in [0.2, 0.25) is 0 Å². The van der Waals surface area contributed by atoms with Crippen molar-refractivity contribution in [1.29, 1.82) is 0 Å². The Balaban J connectivity index is 1.93. The van der Waals surface area contributed by atoms with E-state index in [4.69, 9.17) is 21.0 Å². The maximum Gasteiger partial charge on any atom is 0.364 e. The molecule has 0 amide bonds. The summed E-state index contributed by atoms with van der Waals surface area (Å²) in [6, 6.07) is 6.96. The van der Waals surface area contributed by atoms with Crippen LogP contribution >= 0.6 is 0 Å². The summed E-state index contributed by atoms with van der Waals surface area (Å²) in [6.07, 6.45) is -1.56. The molecule has 25 heavy (non-hydrogen) atoms. The van der Waals surface area contributed by atoms with Crippen molar-refractivity contribution in [2.45, 2.75) is 43.2 Å². The van der Waals surface area contributed by atoms with E-state index in [-0.39, 0.29) is 13.2 Å². The van der Waals surface area contributed by atoms with E-state index in [1.165, 1.54) is 0 Å². The standard InChI is InChI=1S/C17H20O8/c1-2-10-3-5-11(6-4-10)8-24-9-13(19)15-14(20)12(18)7-17(23,25-15)16(21)22/h1,3-6,12-15,18-20,23H,7-9H2,(H,21,22)/t12-,13-,14-,15?,17?/m1/s1. The highest BCUT2D eigenvalue weighted by Gasteiger charge is 2.52. The molecule has 0 saturated carbocycles. The molecule has 0 aliphatic carbocycles. The minimum absolute atomic E-state index is 0.135. The van der Waals surface area contributed by atoms with E-state index in [1.54, 1.807) is 24.3 Å². The van der Waals surface area contributed by atoms with E-state index in [2.05, 4.69) is 5.92 Å². The van der Waals surface area contributed by atoms with Gasteiger partial charge in [0.15, 0.2) is 0 Å². The van der Waals surface area contributed by atoms with Gasteiger partial charge in [-0.25, -0.2) is 4.79 Å². The van der Waals surface area contributed by atoms with Gasteiger partial charge in [-0.2, -0.15) is 0 Å². The SMILES string of the molecule is C#Cc1ccc(COC[C@@H](O)C2OC(O)(C(=O)O)C[C@@H](O)[C@H]2O)cc1. The van der Waals surface area contributed by atoms with Gasteiger partial charge in [-0.1, -0.05) is 18.1 Å². The molecule has 1 aliphatic heterocycles. The Morgan fingerprint density at radius 2 is 2.04 bits per heavy atom. The number of carboxylic acids is 1. The molecule has 136 valence electrons. The number of carbonyl (C=O) groups is 1. The first kappa shape index (κ1) is 19.3. The average molecular weight is 352 g/mol. The molecule has 1 aromatic carbocycles. The van der Waals surface area contributed by atoms with Crippen molar-refractivity contribution >= 4 is 5.97 Å². The normalized spacial score (nSPS) is 30.4. The molecule has 0 radical (unpaired) electrons. The average Bonchev–Trinajstić information content (AvgIpc) is 2.58. The fraction of sp³-hybridized carbons (Fsp3) is 0.471. The van der Waals surface area contributed by atoms with E-state index in [9.17, 15) is 25.2 Å². The predicted molar refractivity (Wildman–Crippen MR) is 84.1 cm³/mol. The Labute approximate surface area is 144 Å².